The molecule has 2 N–H and O–H groups in total. The second-order valence-corrected chi connectivity index (χ2v) is 9.64. The minimum atomic E-state index is -3.83. The molecule has 1 saturated carbocycles. The molecular formula is C23H30N2O4S. The molecule has 6 nitrogen and oxygen atoms in total. The van der Waals surface area contributed by atoms with Gasteiger partial charge in [0.15, 0.2) is 0 Å². The summed E-state index contributed by atoms with van der Waals surface area (Å²) in [6, 6.07) is 13.8. The van der Waals surface area contributed by atoms with Crippen molar-refractivity contribution in [3.8, 4) is 5.75 Å². The number of rotatable bonds is 7. The summed E-state index contributed by atoms with van der Waals surface area (Å²) in [6.07, 6.45) is 3.95. The predicted octanol–water partition coefficient (Wildman–Crippen LogP) is 4.04. The van der Waals surface area contributed by atoms with Gasteiger partial charge in [-0.15, -0.1) is 0 Å². The van der Waals surface area contributed by atoms with Crippen molar-refractivity contribution in [2.24, 2.45) is 5.92 Å². The van der Waals surface area contributed by atoms with Crippen LogP contribution in [-0.4, -0.2) is 27.5 Å². The van der Waals surface area contributed by atoms with Gasteiger partial charge in [0.05, 0.1) is 13.2 Å². The molecule has 0 radical (unpaired) electrons. The summed E-state index contributed by atoms with van der Waals surface area (Å²) in [6.45, 7) is 3.96. The highest BCUT2D eigenvalue weighted by molar-refractivity contribution is 7.89. The van der Waals surface area contributed by atoms with Gasteiger partial charge in [0, 0.05) is 11.6 Å². The molecular weight excluding hydrogens is 400 g/mol. The Bertz CT molecular complexity index is 976. The summed E-state index contributed by atoms with van der Waals surface area (Å²) in [5.41, 5.74) is 1.25. The van der Waals surface area contributed by atoms with Crippen molar-refractivity contribution in [3.63, 3.8) is 0 Å². The van der Waals surface area contributed by atoms with Gasteiger partial charge in [-0.3, -0.25) is 4.79 Å². The summed E-state index contributed by atoms with van der Waals surface area (Å²) in [5, 5.41) is 2.92. The van der Waals surface area contributed by atoms with E-state index in [0.717, 1.165) is 31.2 Å². The van der Waals surface area contributed by atoms with Gasteiger partial charge in [0.2, 0.25) is 10.0 Å². The molecule has 0 aliphatic heterocycles. The molecule has 1 amide bonds. The van der Waals surface area contributed by atoms with Crippen LogP contribution in [0.3, 0.4) is 0 Å². The first-order valence-electron chi connectivity index (χ1n) is 10.4. The number of nitrogens with one attached hydrogen (secondary N) is 2. The van der Waals surface area contributed by atoms with Gasteiger partial charge in [-0.2, -0.15) is 0 Å². The summed E-state index contributed by atoms with van der Waals surface area (Å²) in [4.78, 5) is 12.8. The van der Waals surface area contributed by atoms with Crippen LogP contribution >= 0.6 is 0 Å². The highest BCUT2D eigenvalue weighted by Gasteiger charge is 2.29. The van der Waals surface area contributed by atoms with E-state index in [0.29, 0.717) is 0 Å². The van der Waals surface area contributed by atoms with Crippen LogP contribution in [0.4, 0.5) is 0 Å². The molecule has 1 aliphatic rings. The monoisotopic (exact) mass is 430 g/mol. The summed E-state index contributed by atoms with van der Waals surface area (Å²) >= 11 is 0. The van der Waals surface area contributed by atoms with Crippen molar-refractivity contribution < 1.29 is 17.9 Å². The van der Waals surface area contributed by atoms with E-state index < -0.39 is 10.0 Å². The average molecular weight is 431 g/mol. The topological polar surface area (TPSA) is 84.5 Å². The fourth-order valence-corrected chi connectivity index (χ4v) is 5.46. The Morgan fingerprint density at radius 1 is 1.10 bits per heavy atom. The predicted molar refractivity (Wildman–Crippen MR) is 117 cm³/mol. The number of hydrogen-bond acceptors (Lipinski definition) is 4. The lowest BCUT2D eigenvalue weighted by molar-refractivity contribution is 0.0939. The second kappa shape index (κ2) is 9.62. The Balaban J connectivity index is 1.83. The molecule has 1 fully saturated rings. The number of methoxy groups -OCH3 is 1. The van der Waals surface area contributed by atoms with E-state index in [-0.39, 0.29) is 40.1 Å². The maximum atomic E-state index is 13.1. The lowest BCUT2D eigenvalue weighted by Gasteiger charge is -2.29. The zero-order valence-electron chi connectivity index (χ0n) is 17.7. The Morgan fingerprint density at radius 3 is 2.47 bits per heavy atom. The first kappa shape index (κ1) is 22.3. The van der Waals surface area contributed by atoms with Crippen LogP contribution in [0.5, 0.6) is 5.75 Å². The van der Waals surface area contributed by atoms with E-state index in [9.17, 15) is 13.2 Å². The van der Waals surface area contributed by atoms with Gasteiger partial charge in [-0.25, -0.2) is 13.1 Å². The SMILES string of the molecule is COc1ccc(C(=O)NC(C)c2ccccc2)cc1S(=O)(=O)NC1CCCCC1C. The molecule has 0 bridgehead atoms. The van der Waals surface area contributed by atoms with Crippen molar-refractivity contribution in [2.75, 3.05) is 7.11 Å². The molecule has 7 heteroatoms. The third kappa shape index (κ3) is 5.21. The fourth-order valence-electron chi connectivity index (χ4n) is 3.89. The first-order valence-corrected chi connectivity index (χ1v) is 11.9. The largest absolute Gasteiger partial charge is 0.495 e. The number of amides is 1. The van der Waals surface area contributed by atoms with Crippen LogP contribution in [0.1, 0.15) is 61.5 Å². The molecule has 2 aromatic carbocycles. The summed E-state index contributed by atoms with van der Waals surface area (Å²) in [5.74, 6) is 0.160. The van der Waals surface area contributed by atoms with Gasteiger partial charge >= 0.3 is 0 Å². The minimum absolute atomic E-state index is 0.0113. The molecule has 0 saturated heterocycles. The summed E-state index contributed by atoms with van der Waals surface area (Å²) < 4.78 is 34.4. The van der Waals surface area contributed by atoms with Crippen molar-refractivity contribution in [1.29, 1.82) is 0 Å². The normalized spacial score (nSPS) is 20.4. The highest BCUT2D eigenvalue weighted by atomic mass is 32.2. The number of benzene rings is 2. The van der Waals surface area contributed by atoms with Crippen LogP contribution in [0, 0.1) is 5.92 Å². The van der Waals surface area contributed by atoms with Crippen LogP contribution in [0.15, 0.2) is 53.4 Å². The Hall–Kier alpha value is -2.38. The zero-order valence-corrected chi connectivity index (χ0v) is 18.5. The van der Waals surface area contributed by atoms with Crippen LogP contribution in [0.25, 0.3) is 0 Å². The third-order valence-corrected chi connectivity index (χ3v) is 7.29. The minimum Gasteiger partial charge on any atom is -0.495 e. The third-order valence-electron chi connectivity index (χ3n) is 5.78. The molecule has 2 aromatic rings. The van der Waals surface area contributed by atoms with Crippen molar-refractivity contribution in [3.05, 3.63) is 59.7 Å². The van der Waals surface area contributed by atoms with E-state index in [2.05, 4.69) is 17.0 Å². The number of sulfonamides is 1. The standard InChI is InChI=1S/C23H30N2O4S/c1-16-9-7-8-12-20(16)25-30(27,28)22-15-19(13-14-21(22)29-3)23(26)24-17(2)18-10-5-4-6-11-18/h4-6,10-11,13-17,20,25H,7-9,12H2,1-3H3,(H,24,26). The Morgan fingerprint density at radius 2 is 1.80 bits per heavy atom. The van der Waals surface area contributed by atoms with Crippen molar-refractivity contribution >= 4 is 15.9 Å². The molecule has 0 heterocycles. The van der Waals surface area contributed by atoms with Crippen LogP contribution in [-0.2, 0) is 10.0 Å². The highest BCUT2D eigenvalue weighted by Crippen LogP contribution is 2.29. The van der Waals surface area contributed by atoms with Crippen molar-refractivity contribution in [2.45, 2.75) is 56.5 Å². The molecule has 162 valence electrons. The van der Waals surface area contributed by atoms with E-state index in [1.165, 1.54) is 19.2 Å². The van der Waals surface area contributed by atoms with Gasteiger partial charge in [-0.05, 0) is 49.4 Å². The Labute approximate surface area is 179 Å². The lowest BCUT2D eigenvalue weighted by Crippen LogP contribution is -2.41. The maximum Gasteiger partial charge on any atom is 0.251 e. The number of hydrogen-bond donors (Lipinski definition) is 2. The molecule has 1 aliphatic carbocycles. The Kier molecular flexibility index (Phi) is 7.15. The van der Waals surface area contributed by atoms with E-state index in [4.69, 9.17) is 4.74 Å². The fraction of sp³-hybridized carbons (Fsp3) is 0.435. The number of carbonyl (C=O) groups excluding carboxylic acids is 1. The molecule has 30 heavy (non-hydrogen) atoms. The van der Waals surface area contributed by atoms with E-state index in [1.54, 1.807) is 6.07 Å². The first-order chi connectivity index (χ1) is 14.3. The summed E-state index contributed by atoms with van der Waals surface area (Å²) in [7, 11) is -2.40. The molecule has 3 unspecified atom stereocenters. The second-order valence-electron chi connectivity index (χ2n) is 7.96. The number of carbonyl (C=O) groups is 1. The smallest absolute Gasteiger partial charge is 0.251 e. The quantitative estimate of drug-likeness (QED) is 0.694. The van der Waals surface area contributed by atoms with Gasteiger partial charge in [0.1, 0.15) is 10.6 Å². The maximum absolute atomic E-state index is 13.1. The average Bonchev–Trinajstić information content (AvgIpc) is 2.75. The lowest BCUT2D eigenvalue weighted by atomic mass is 9.87. The van der Waals surface area contributed by atoms with E-state index >= 15 is 0 Å². The van der Waals surface area contributed by atoms with Gasteiger partial charge in [-0.1, -0.05) is 50.1 Å². The van der Waals surface area contributed by atoms with Gasteiger partial charge < -0.3 is 10.1 Å². The molecule has 3 rings (SSSR count). The van der Waals surface area contributed by atoms with Crippen LogP contribution < -0.4 is 14.8 Å². The molecule has 0 spiro atoms. The van der Waals surface area contributed by atoms with Crippen molar-refractivity contribution in [1.82, 2.24) is 10.0 Å². The molecule has 0 aromatic heterocycles. The van der Waals surface area contributed by atoms with Gasteiger partial charge in [0.25, 0.3) is 5.91 Å². The zero-order chi connectivity index (χ0) is 21.7. The van der Waals surface area contributed by atoms with Crippen LogP contribution in [0.2, 0.25) is 0 Å². The number of ether oxygens (including phenoxy) is 1. The molecule has 3 atom stereocenters. The van der Waals surface area contributed by atoms with E-state index in [1.807, 2.05) is 37.3 Å².